The second kappa shape index (κ2) is 9.52. The number of carbonyl (C=O) groups is 2. The van der Waals surface area contributed by atoms with E-state index in [0.29, 0.717) is 31.5 Å². The Hall–Kier alpha value is -1.40. The van der Waals surface area contributed by atoms with E-state index < -0.39 is 0 Å². The van der Waals surface area contributed by atoms with Crippen LogP contribution in [-0.2, 0) is 4.79 Å². The average Bonchev–Trinajstić information content (AvgIpc) is 2.93. The van der Waals surface area contributed by atoms with Crippen molar-refractivity contribution in [2.75, 3.05) is 26.2 Å². The number of amides is 2. The van der Waals surface area contributed by atoms with E-state index in [0.717, 1.165) is 13.1 Å². The van der Waals surface area contributed by atoms with Crippen LogP contribution in [0.25, 0.3) is 0 Å². The molecule has 106 valence electrons. The maximum atomic E-state index is 11.6. The number of nitrogens with one attached hydrogen (secondary N) is 3. The largest absolute Gasteiger partial charge is 0.355 e. The lowest BCUT2D eigenvalue weighted by atomic mass is 10.2. The number of hydrogen-bond acceptors (Lipinski definition) is 4. The molecule has 1 aromatic rings. The number of hydrogen-bond donors (Lipinski definition) is 3. The molecule has 0 aromatic carbocycles. The lowest BCUT2D eigenvalue weighted by Crippen LogP contribution is -2.32. The molecule has 0 unspecified atom stereocenters. The van der Waals surface area contributed by atoms with Crippen molar-refractivity contribution in [3.05, 3.63) is 22.4 Å². The summed E-state index contributed by atoms with van der Waals surface area (Å²) in [5.41, 5.74) is 0.681. The molecule has 0 spiro atoms. The molecule has 0 aliphatic rings. The molecule has 0 aliphatic carbocycles. The molecule has 0 bridgehead atoms. The van der Waals surface area contributed by atoms with Crippen molar-refractivity contribution in [1.29, 1.82) is 0 Å². The molecule has 0 radical (unpaired) electrons. The van der Waals surface area contributed by atoms with E-state index in [-0.39, 0.29) is 11.8 Å². The summed E-state index contributed by atoms with van der Waals surface area (Å²) < 4.78 is 0. The summed E-state index contributed by atoms with van der Waals surface area (Å²) in [4.78, 5) is 23.0. The summed E-state index contributed by atoms with van der Waals surface area (Å²) in [5, 5.41) is 12.4. The van der Waals surface area contributed by atoms with Crippen LogP contribution in [0.2, 0.25) is 0 Å². The molecular formula is C13H21N3O2S. The van der Waals surface area contributed by atoms with E-state index in [1.54, 1.807) is 6.07 Å². The van der Waals surface area contributed by atoms with Crippen LogP contribution in [-0.4, -0.2) is 38.0 Å². The second-order valence-corrected chi connectivity index (χ2v) is 4.86. The molecule has 5 nitrogen and oxygen atoms in total. The Kier molecular flexibility index (Phi) is 7.84. The van der Waals surface area contributed by atoms with Crippen LogP contribution >= 0.6 is 11.3 Å². The Labute approximate surface area is 117 Å². The third-order valence-electron chi connectivity index (χ3n) is 2.52. The molecule has 1 aromatic heterocycles. The molecular weight excluding hydrogens is 262 g/mol. The van der Waals surface area contributed by atoms with Gasteiger partial charge in [-0.25, -0.2) is 0 Å². The third kappa shape index (κ3) is 6.93. The van der Waals surface area contributed by atoms with Gasteiger partial charge < -0.3 is 16.0 Å². The zero-order chi connectivity index (χ0) is 13.9. The Bertz CT molecular complexity index is 379. The van der Waals surface area contributed by atoms with Crippen LogP contribution in [0.5, 0.6) is 0 Å². The predicted molar refractivity (Wildman–Crippen MR) is 77.4 cm³/mol. The smallest absolute Gasteiger partial charge is 0.252 e. The summed E-state index contributed by atoms with van der Waals surface area (Å²) in [6.45, 7) is 4.89. The molecule has 6 heteroatoms. The topological polar surface area (TPSA) is 70.2 Å². The van der Waals surface area contributed by atoms with Crippen LogP contribution in [0.15, 0.2) is 16.8 Å². The van der Waals surface area contributed by atoms with E-state index in [2.05, 4.69) is 16.0 Å². The molecule has 1 heterocycles. The van der Waals surface area contributed by atoms with Crippen LogP contribution in [0.4, 0.5) is 0 Å². The Morgan fingerprint density at radius 1 is 1.21 bits per heavy atom. The number of likely N-dealkylation sites (N-methyl/N-ethyl adjacent to an activating group) is 1. The maximum Gasteiger partial charge on any atom is 0.252 e. The molecule has 0 atom stereocenters. The van der Waals surface area contributed by atoms with Gasteiger partial charge in [-0.05, 0) is 24.4 Å². The standard InChI is InChI=1S/C13H21N3O2S/c1-2-14-7-8-15-12(17)4-3-6-16-13(18)11-5-9-19-10-11/h5,9-10,14H,2-4,6-8H2,1H3,(H,15,17)(H,16,18). The van der Waals surface area contributed by atoms with Crippen molar-refractivity contribution < 1.29 is 9.59 Å². The van der Waals surface area contributed by atoms with Crippen molar-refractivity contribution in [2.24, 2.45) is 0 Å². The first-order chi connectivity index (χ1) is 9.24. The number of rotatable bonds is 9. The van der Waals surface area contributed by atoms with Crippen LogP contribution in [0.3, 0.4) is 0 Å². The van der Waals surface area contributed by atoms with Gasteiger partial charge in [0.05, 0.1) is 0 Å². The summed E-state index contributed by atoms with van der Waals surface area (Å²) in [7, 11) is 0. The van der Waals surface area contributed by atoms with Gasteiger partial charge in [0, 0.05) is 37.0 Å². The zero-order valence-electron chi connectivity index (χ0n) is 11.2. The van der Waals surface area contributed by atoms with Crippen molar-refractivity contribution in [1.82, 2.24) is 16.0 Å². The van der Waals surface area contributed by atoms with Crippen LogP contribution in [0.1, 0.15) is 30.1 Å². The van der Waals surface area contributed by atoms with Gasteiger partial charge >= 0.3 is 0 Å². The Morgan fingerprint density at radius 2 is 2.05 bits per heavy atom. The zero-order valence-corrected chi connectivity index (χ0v) is 12.0. The van der Waals surface area contributed by atoms with E-state index in [1.165, 1.54) is 11.3 Å². The molecule has 0 saturated heterocycles. The Morgan fingerprint density at radius 3 is 2.74 bits per heavy atom. The van der Waals surface area contributed by atoms with Gasteiger partial charge in [0.25, 0.3) is 5.91 Å². The van der Waals surface area contributed by atoms with Gasteiger partial charge in [0.15, 0.2) is 0 Å². The van der Waals surface area contributed by atoms with Crippen molar-refractivity contribution in [3.8, 4) is 0 Å². The monoisotopic (exact) mass is 283 g/mol. The normalized spacial score (nSPS) is 10.2. The fourth-order valence-electron chi connectivity index (χ4n) is 1.50. The molecule has 0 fully saturated rings. The molecule has 2 amide bonds. The highest BCUT2D eigenvalue weighted by molar-refractivity contribution is 7.08. The van der Waals surface area contributed by atoms with Gasteiger partial charge in [-0.2, -0.15) is 11.3 Å². The quantitative estimate of drug-likeness (QED) is 0.592. The van der Waals surface area contributed by atoms with Gasteiger partial charge in [-0.1, -0.05) is 6.92 Å². The van der Waals surface area contributed by atoms with Gasteiger partial charge in [0.2, 0.25) is 5.91 Å². The molecule has 19 heavy (non-hydrogen) atoms. The highest BCUT2D eigenvalue weighted by Gasteiger charge is 2.05. The van der Waals surface area contributed by atoms with E-state index in [9.17, 15) is 9.59 Å². The molecule has 0 aliphatic heterocycles. The van der Waals surface area contributed by atoms with Crippen molar-refractivity contribution in [3.63, 3.8) is 0 Å². The molecule has 3 N–H and O–H groups in total. The Balaban J connectivity index is 2.01. The van der Waals surface area contributed by atoms with E-state index in [1.807, 2.05) is 17.7 Å². The molecule has 1 rings (SSSR count). The minimum absolute atomic E-state index is 0.0303. The maximum absolute atomic E-state index is 11.6. The second-order valence-electron chi connectivity index (χ2n) is 4.07. The van der Waals surface area contributed by atoms with Crippen molar-refractivity contribution in [2.45, 2.75) is 19.8 Å². The van der Waals surface area contributed by atoms with Gasteiger partial charge in [0.1, 0.15) is 0 Å². The highest BCUT2D eigenvalue weighted by atomic mass is 32.1. The van der Waals surface area contributed by atoms with Gasteiger partial charge in [-0.3, -0.25) is 9.59 Å². The molecule has 0 saturated carbocycles. The first-order valence-corrected chi connectivity index (χ1v) is 7.46. The van der Waals surface area contributed by atoms with Crippen LogP contribution in [0, 0.1) is 0 Å². The van der Waals surface area contributed by atoms with Crippen LogP contribution < -0.4 is 16.0 Å². The third-order valence-corrected chi connectivity index (χ3v) is 3.21. The van der Waals surface area contributed by atoms with Crippen molar-refractivity contribution >= 4 is 23.2 Å². The minimum atomic E-state index is -0.0752. The number of carbonyl (C=O) groups excluding carboxylic acids is 2. The summed E-state index contributed by atoms with van der Waals surface area (Å²) in [6.07, 6.45) is 1.10. The summed E-state index contributed by atoms with van der Waals surface area (Å²) in [6, 6.07) is 1.79. The first-order valence-electron chi connectivity index (χ1n) is 6.52. The SMILES string of the molecule is CCNCCNC(=O)CCCNC(=O)c1ccsc1. The summed E-state index contributed by atoms with van der Waals surface area (Å²) >= 11 is 1.49. The fourth-order valence-corrected chi connectivity index (χ4v) is 2.14. The number of thiophene rings is 1. The van der Waals surface area contributed by atoms with E-state index in [4.69, 9.17) is 0 Å². The summed E-state index contributed by atoms with van der Waals surface area (Å²) in [5.74, 6) is -0.0449. The lowest BCUT2D eigenvalue weighted by Gasteiger charge is -2.06. The highest BCUT2D eigenvalue weighted by Crippen LogP contribution is 2.05. The lowest BCUT2D eigenvalue weighted by molar-refractivity contribution is -0.121. The average molecular weight is 283 g/mol. The minimum Gasteiger partial charge on any atom is -0.355 e. The predicted octanol–water partition coefficient (Wildman–Crippen LogP) is 0.984. The van der Waals surface area contributed by atoms with E-state index >= 15 is 0 Å². The van der Waals surface area contributed by atoms with Gasteiger partial charge in [-0.15, -0.1) is 0 Å². The first kappa shape index (κ1) is 15.7. The fraction of sp³-hybridized carbons (Fsp3) is 0.538.